The van der Waals surface area contributed by atoms with Crippen LogP contribution in [0.25, 0.3) is 0 Å². The molecule has 6 heteroatoms. The van der Waals surface area contributed by atoms with E-state index in [1.54, 1.807) is 6.08 Å². The highest BCUT2D eigenvalue weighted by molar-refractivity contribution is 5.76. The Kier molecular flexibility index (Phi) is 59.0. The minimum absolute atomic E-state index is 0.00674. The number of aliphatic hydroxyl groups excluding tert-OH is 2. The molecule has 0 aromatic rings. The molecule has 2 unspecified atom stereocenters. The molecule has 0 aliphatic carbocycles. The number of aliphatic hydroxyl groups is 2. The van der Waals surface area contributed by atoms with E-state index in [0.717, 1.165) is 44.9 Å². The van der Waals surface area contributed by atoms with Crippen LogP contribution in [0.5, 0.6) is 0 Å². The van der Waals surface area contributed by atoms with Gasteiger partial charge in [0.15, 0.2) is 0 Å². The first-order valence-electron chi connectivity index (χ1n) is 31.8. The minimum Gasteiger partial charge on any atom is -0.466 e. The van der Waals surface area contributed by atoms with Gasteiger partial charge in [0.2, 0.25) is 5.91 Å². The first kappa shape index (κ1) is 69.1. The van der Waals surface area contributed by atoms with E-state index in [9.17, 15) is 19.8 Å². The Balaban J connectivity index is 3.39. The Morgan fingerprint density at radius 3 is 1.00 bits per heavy atom. The van der Waals surface area contributed by atoms with Crippen LogP contribution in [0.3, 0.4) is 0 Å². The Hall–Kier alpha value is -1.92. The largest absolute Gasteiger partial charge is 0.466 e. The third-order valence-corrected chi connectivity index (χ3v) is 14.6. The lowest BCUT2D eigenvalue weighted by molar-refractivity contribution is -0.143. The third kappa shape index (κ3) is 57.2. The van der Waals surface area contributed by atoms with E-state index in [-0.39, 0.29) is 18.5 Å². The smallest absolute Gasteiger partial charge is 0.305 e. The van der Waals surface area contributed by atoms with E-state index in [1.807, 2.05) is 6.08 Å². The summed E-state index contributed by atoms with van der Waals surface area (Å²) in [7, 11) is 0. The van der Waals surface area contributed by atoms with Gasteiger partial charge in [-0.2, -0.15) is 0 Å². The number of carbonyl (C=O) groups excluding carboxylic acids is 2. The van der Waals surface area contributed by atoms with Crippen LogP contribution in [-0.4, -0.2) is 47.4 Å². The lowest BCUT2D eigenvalue weighted by Crippen LogP contribution is -2.45. The van der Waals surface area contributed by atoms with Gasteiger partial charge in [0.1, 0.15) is 0 Å². The van der Waals surface area contributed by atoms with Crippen molar-refractivity contribution in [3.8, 4) is 0 Å². The number of amides is 1. The van der Waals surface area contributed by atoms with E-state index in [2.05, 4.69) is 43.5 Å². The van der Waals surface area contributed by atoms with Crippen molar-refractivity contribution in [2.45, 2.75) is 353 Å². The summed E-state index contributed by atoms with van der Waals surface area (Å²) in [5, 5.41) is 23.1. The highest BCUT2D eigenvalue weighted by Gasteiger charge is 2.18. The van der Waals surface area contributed by atoms with E-state index in [1.165, 1.54) is 270 Å². The Labute approximate surface area is 443 Å². The number of unbranched alkanes of at least 4 members (excludes halogenated alkanes) is 44. The molecule has 0 spiro atoms. The molecule has 3 N–H and O–H groups in total. The molecule has 1 amide bonds. The fourth-order valence-corrected chi connectivity index (χ4v) is 9.74. The van der Waals surface area contributed by atoms with E-state index >= 15 is 0 Å². The predicted octanol–water partition coefficient (Wildman–Crippen LogP) is 20.0. The summed E-state index contributed by atoms with van der Waals surface area (Å²) < 4.78 is 5.48. The van der Waals surface area contributed by atoms with E-state index < -0.39 is 12.1 Å². The number of hydrogen-bond donors (Lipinski definition) is 3. The zero-order valence-electron chi connectivity index (χ0n) is 47.7. The second kappa shape index (κ2) is 60.6. The second-order valence-electron chi connectivity index (χ2n) is 21.7. The van der Waals surface area contributed by atoms with Crippen LogP contribution >= 0.6 is 0 Å². The van der Waals surface area contributed by atoms with E-state index in [0.29, 0.717) is 19.4 Å². The van der Waals surface area contributed by atoms with Crippen molar-refractivity contribution in [2.75, 3.05) is 13.2 Å². The molecule has 0 aromatic heterocycles. The molecule has 0 saturated carbocycles. The standard InChI is InChI=1S/C65H123NO5/c1-3-5-7-9-11-13-15-17-31-35-39-43-47-51-55-59-65(70)71-60-56-52-48-44-40-36-33-30-28-26-24-22-20-18-19-21-23-25-27-29-32-34-38-42-46-50-54-58-64(69)66-62(61-67)63(68)57-53-49-45-41-37-16-14-12-10-8-6-4-2/h17-19,31,53,57,62-63,67-68H,3-16,20-30,32-52,54-56,58-61H2,1-2H3,(H,66,69)/b19-18-,31-17-,57-53+. The van der Waals surface area contributed by atoms with Crippen molar-refractivity contribution in [3.05, 3.63) is 36.5 Å². The van der Waals surface area contributed by atoms with Gasteiger partial charge in [0.25, 0.3) is 0 Å². The van der Waals surface area contributed by atoms with Gasteiger partial charge >= 0.3 is 5.97 Å². The van der Waals surface area contributed by atoms with Gasteiger partial charge < -0.3 is 20.3 Å². The van der Waals surface area contributed by atoms with Crippen molar-refractivity contribution in [1.82, 2.24) is 5.32 Å². The summed E-state index contributed by atoms with van der Waals surface area (Å²) >= 11 is 0. The van der Waals surface area contributed by atoms with E-state index in [4.69, 9.17) is 4.74 Å². The lowest BCUT2D eigenvalue weighted by atomic mass is 10.0. The summed E-state index contributed by atoms with van der Waals surface area (Å²) in [5.41, 5.74) is 0. The molecule has 0 radical (unpaired) electrons. The maximum atomic E-state index is 12.4. The molecular formula is C65H123NO5. The molecule has 0 rings (SSSR count). The molecule has 2 atom stereocenters. The average molecular weight is 999 g/mol. The number of hydrogen-bond acceptors (Lipinski definition) is 5. The SMILES string of the molecule is CCCCCCCC/C=C\CCCCCCCC(=O)OCCCCCCCCCCCCCC/C=C\CCCCCCCCCCCCCC(=O)NC(CO)C(O)/C=C/CCCCCCCCCCCC. The van der Waals surface area contributed by atoms with Crippen LogP contribution in [0.15, 0.2) is 36.5 Å². The van der Waals surface area contributed by atoms with Crippen molar-refractivity contribution in [1.29, 1.82) is 0 Å². The number of ether oxygens (including phenoxy) is 1. The fraction of sp³-hybridized carbons (Fsp3) is 0.877. The number of esters is 1. The van der Waals surface area contributed by atoms with Gasteiger partial charge in [-0.25, -0.2) is 0 Å². The Morgan fingerprint density at radius 1 is 0.380 bits per heavy atom. The van der Waals surface area contributed by atoms with Crippen molar-refractivity contribution >= 4 is 11.9 Å². The first-order chi connectivity index (χ1) is 35.0. The molecule has 0 heterocycles. The van der Waals surface area contributed by atoms with Crippen LogP contribution in [0, 0.1) is 0 Å². The number of allylic oxidation sites excluding steroid dienone is 5. The molecule has 418 valence electrons. The summed E-state index contributed by atoms with van der Waals surface area (Å²) in [4.78, 5) is 24.5. The van der Waals surface area contributed by atoms with Crippen LogP contribution in [0.1, 0.15) is 341 Å². The number of nitrogens with one attached hydrogen (secondary N) is 1. The van der Waals surface area contributed by atoms with Gasteiger partial charge in [-0.05, 0) is 83.5 Å². The maximum absolute atomic E-state index is 12.4. The van der Waals surface area contributed by atoms with Gasteiger partial charge in [0.05, 0.1) is 25.4 Å². The number of rotatable bonds is 59. The topological polar surface area (TPSA) is 95.9 Å². The molecule has 0 aromatic carbocycles. The van der Waals surface area contributed by atoms with Crippen molar-refractivity contribution in [3.63, 3.8) is 0 Å². The molecule has 0 saturated heterocycles. The third-order valence-electron chi connectivity index (χ3n) is 14.6. The highest BCUT2D eigenvalue weighted by Crippen LogP contribution is 2.17. The zero-order valence-corrected chi connectivity index (χ0v) is 47.7. The second-order valence-corrected chi connectivity index (χ2v) is 21.7. The summed E-state index contributed by atoms with van der Waals surface area (Å²) in [5.74, 6) is -0.0622. The molecule has 0 aliphatic heterocycles. The monoisotopic (exact) mass is 998 g/mol. The molecule has 0 fully saturated rings. The van der Waals surface area contributed by atoms with Crippen LogP contribution in [0.4, 0.5) is 0 Å². The lowest BCUT2D eigenvalue weighted by Gasteiger charge is -2.20. The van der Waals surface area contributed by atoms with Gasteiger partial charge in [-0.1, -0.05) is 281 Å². The normalized spacial score (nSPS) is 12.8. The molecule has 6 nitrogen and oxygen atoms in total. The van der Waals surface area contributed by atoms with Gasteiger partial charge in [0, 0.05) is 12.8 Å². The summed E-state index contributed by atoms with van der Waals surface area (Å²) in [6, 6.07) is -0.627. The minimum atomic E-state index is -0.844. The quantitative estimate of drug-likeness (QED) is 0.0321. The summed E-state index contributed by atoms with van der Waals surface area (Å²) in [6.07, 6.45) is 76.3. The van der Waals surface area contributed by atoms with Crippen LogP contribution < -0.4 is 5.32 Å². The summed E-state index contributed by atoms with van der Waals surface area (Å²) in [6.45, 7) is 4.90. The zero-order chi connectivity index (χ0) is 51.4. The number of carbonyl (C=O) groups is 2. The Bertz CT molecular complexity index is 1150. The van der Waals surface area contributed by atoms with Crippen molar-refractivity contribution in [2.24, 2.45) is 0 Å². The first-order valence-corrected chi connectivity index (χ1v) is 31.8. The molecular weight excluding hydrogens is 875 g/mol. The highest BCUT2D eigenvalue weighted by atomic mass is 16.5. The van der Waals surface area contributed by atoms with Gasteiger partial charge in [-0.3, -0.25) is 9.59 Å². The maximum Gasteiger partial charge on any atom is 0.305 e. The molecule has 71 heavy (non-hydrogen) atoms. The molecule has 0 bridgehead atoms. The van der Waals surface area contributed by atoms with Crippen LogP contribution in [-0.2, 0) is 14.3 Å². The predicted molar refractivity (Wildman–Crippen MR) is 310 cm³/mol. The van der Waals surface area contributed by atoms with Gasteiger partial charge in [-0.15, -0.1) is 0 Å². The van der Waals surface area contributed by atoms with Crippen molar-refractivity contribution < 1.29 is 24.5 Å². The Morgan fingerprint density at radius 2 is 0.662 bits per heavy atom. The fourth-order valence-electron chi connectivity index (χ4n) is 9.74. The average Bonchev–Trinajstić information content (AvgIpc) is 3.37. The molecule has 0 aliphatic rings. The van der Waals surface area contributed by atoms with Crippen LogP contribution in [0.2, 0.25) is 0 Å².